The summed E-state index contributed by atoms with van der Waals surface area (Å²) in [5.74, 6) is -1.02. The molecule has 0 bridgehead atoms. The van der Waals surface area contributed by atoms with Crippen molar-refractivity contribution in [2.24, 2.45) is 0 Å². The molecule has 2 rings (SSSR count). The largest absolute Gasteiger partial charge is 0.354 e. The summed E-state index contributed by atoms with van der Waals surface area (Å²) in [6.45, 7) is 1.39. The zero-order valence-corrected chi connectivity index (χ0v) is 15.1. The average molecular weight is 383 g/mol. The second-order valence-electron chi connectivity index (χ2n) is 5.39. The van der Waals surface area contributed by atoms with Crippen LogP contribution in [0.5, 0.6) is 0 Å². The summed E-state index contributed by atoms with van der Waals surface area (Å²) >= 11 is 12.0. The zero-order valence-electron chi connectivity index (χ0n) is 13.6. The van der Waals surface area contributed by atoms with Crippen LogP contribution in [-0.4, -0.2) is 24.9 Å². The molecule has 2 aromatic rings. The minimum atomic E-state index is -0.373. The van der Waals surface area contributed by atoms with E-state index in [4.69, 9.17) is 23.2 Å². The lowest BCUT2D eigenvalue weighted by molar-refractivity contribution is -0.123. The van der Waals surface area contributed by atoms with E-state index in [-0.39, 0.29) is 30.7 Å². The molecule has 0 saturated heterocycles. The van der Waals surface area contributed by atoms with Gasteiger partial charge in [0.2, 0.25) is 11.8 Å². The molecule has 2 aromatic carbocycles. The maximum absolute atomic E-state index is 13.5. The van der Waals surface area contributed by atoms with Gasteiger partial charge in [-0.05, 0) is 36.2 Å². The fourth-order valence-corrected chi connectivity index (χ4v) is 2.68. The maximum atomic E-state index is 13.5. The molecule has 0 atom stereocenters. The van der Waals surface area contributed by atoms with Gasteiger partial charge < -0.3 is 10.2 Å². The Kier molecular flexibility index (Phi) is 6.79. The van der Waals surface area contributed by atoms with Crippen LogP contribution in [0.2, 0.25) is 10.0 Å². The number of carbonyl (C=O) groups is 2. The second kappa shape index (κ2) is 8.83. The van der Waals surface area contributed by atoms with E-state index in [0.29, 0.717) is 27.7 Å². The van der Waals surface area contributed by atoms with Crippen molar-refractivity contribution in [2.75, 3.05) is 18.0 Å². The van der Waals surface area contributed by atoms with Gasteiger partial charge in [-0.3, -0.25) is 9.59 Å². The van der Waals surface area contributed by atoms with E-state index in [0.717, 1.165) is 0 Å². The first kappa shape index (κ1) is 19.2. The van der Waals surface area contributed by atoms with E-state index >= 15 is 0 Å². The maximum Gasteiger partial charge on any atom is 0.240 e. The molecule has 2 amide bonds. The number of hydrogen-bond donors (Lipinski definition) is 1. The van der Waals surface area contributed by atoms with Crippen LogP contribution in [0.3, 0.4) is 0 Å². The Balaban J connectivity index is 1.98. The van der Waals surface area contributed by atoms with Crippen LogP contribution >= 0.6 is 23.2 Å². The van der Waals surface area contributed by atoms with Crippen molar-refractivity contribution in [3.63, 3.8) is 0 Å². The molecule has 25 heavy (non-hydrogen) atoms. The Morgan fingerprint density at radius 1 is 1.16 bits per heavy atom. The molecule has 0 fully saturated rings. The van der Waals surface area contributed by atoms with Gasteiger partial charge in [-0.2, -0.15) is 0 Å². The van der Waals surface area contributed by atoms with E-state index in [1.165, 1.54) is 24.0 Å². The third-order valence-corrected chi connectivity index (χ3v) is 4.11. The predicted octanol–water partition coefficient (Wildman–Crippen LogP) is 3.84. The first-order chi connectivity index (χ1) is 11.9. The van der Waals surface area contributed by atoms with Crippen molar-refractivity contribution in [1.29, 1.82) is 0 Å². The Morgan fingerprint density at radius 2 is 1.88 bits per heavy atom. The van der Waals surface area contributed by atoms with Crippen molar-refractivity contribution in [3.8, 4) is 0 Å². The van der Waals surface area contributed by atoms with Crippen LogP contribution in [0, 0.1) is 5.82 Å². The lowest BCUT2D eigenvalue weighted by atomic mass is 10.1. The number of anilines is 1. The highest BCUT2D eigenvalue weighted by molar-refractivity contribution is 6.35. The molecule has 0 radical (unpaired) electrons. The van der Waals surface area contributed by atoms with E-state index in [9.17, 15) is 14.0 Å². The van der Waals surface area contributed by atoms with Gasteiger partial charge in [0.15, 0.2) is 0 Å². The normalized spacial score (nSPS) is 10.4. The first-order valence-corrected chi connectivity index (χ1v) is 8.37. The Labute approximate surface area is 155 Å². The number of amides is 2. The van der Waals surface area contributed by atoms with Crippen LogP contribution < -0.4 is 10.2 Å². The molecule has 0 heterocycles. The molecular formula is C18H17Cl2FN2O2. The summed E-state index contributed by atoms with van der Waals surface area (Å²) in [6, 6.07) is 11.1. The lowest BCUT2D eigenvalue weighted by Gasteiger charge is -2.22. The molecule has 0 aromatic heterocycles. The van der Waals surface area contributed by atoms with Gasteiger partial charge in [0.25, 0.3) is 0 Å². The highest BCUT2D eigenvalue weighted by atomic mass is 35.5. The van der Waals surface area contributed by atoms with E-state index in [1.54, 1.807) is 30.3 Å². The van der Waals surface area contributed by atoms with Crippen LogP contribution in [0.1, 0.15) is 12.5 Å². The van der Waals surface area contributed by atoms with Crippen LogP contribution in [0.15, 0.2) is 42.5 Å². The van der Waals surface area contributed by atoms with E-state index in [2.05, 4.69) is 5.32 Å². The summed E-state index contributed by atoms with van der Waals surface area (Å²) in [4.78, 5) is 25.2. The second-order valence-corrected chi connectivity index (χ2v) is 6.24. The fourth-order valence-electron chi connectivity index (χ4n) is 2.30. The van der Waals surface area contributed by atoms with Crippen molar-refractivity contribution in [2.45, 2.75) is 13.3 Å². The molecule has 0 aliphatic heterocycles. The molecule has 0 spiro atoms. The Hall–Kier alpha value is -2.11. The molecule has 132 valence electrons. The summed E-state index contributed by atoms with van der Waals surface area (Å²) in [5.41, 5.74) is 0.884. The summed E-state index contributed by atoms with van der Waals surface area (Å²) in [7, 11) is 0. The summed E-state index contributed by atoms with van der Waals surface area (Å²) in [6.07, 6.45) is 0.358. The lowest BCUT2D eigenvalue weighted by Crippen LogP contribution is -2.40. The topological polar surface area (TPSA) is 49.4 Å². The summed E-state index contributed by atoms with van der Waals surface area (Å²) < 4.78 is 13.5. The molecule has 1 N–H and O–H groups in total. The van der Waals surface area contributed by atoms with Crippen LogP contribution in [0.4, 0.5) is 10.1 Å². The Bertz CT molecular complexity index is 783. The number of nitrogens with zero attached hydrogens (tertiary/aromatic N) is 1. The SMILES string of the molecule is CC(=O)N(CC(=O)NCCc1ccccc1F)c1cc(Cl)ccc1Cl. The quantitative estimate of drug-likeness (QED) is 0.824. The number of hydrogen-bond acceptors (Lipinski definition) is 2. The van der Waals surface area contributed by atoms with Crippen molar-refractivity contribution >= 4 is 40.7 Å². The highest BCUT2D eigenvalue weighted by Gasteiger charge is 2.18. The molecule has 0 aliphatic rings. The fraction of sp³-hybridized carbons (Fsp3) is 0.222. The minimum Gasteiger partial charge on any atom is -0.354 e. The van der Waals surface area contributed by atoms with Gasteiger partial charge in [-0.15, -0.1) is 0 Å². The Morgan fingerprint density at radius 3 is 2.56 bits per heavy atom. The molecule has 4 nitrogen and oxygen atoms in total. The van der Waals surface area contributed by atoms with Crippen LogP contribution in [0.25, 0.3) is 0 Å². The van der Waals surface area contributed by atoms with Gasteiger partial charge in [-0.1, -0.05) is 41.4 Å². The standard InChI is InChI=1S/C18H17Cl2FN2O2/c1-12(24)23(17-10-14(19)6-7-15(17)20)11-18(25)22-9-8-13-4-2-3-5-16(13)21/h2-7,10H,8-9,11H2,1H3,(H,22,25). The molecule has 7 heteroatoms. The average Bonchev–Trinajstić information content (AvgIpc) is 2.56. The molecule has 0 aliphatic carbocycles. The number of carbonyl (C=O) groups excluding carboxylic acids is 2. The van der Waals surface area contributed by atoms with Gasteiger partial charge in [0.05, 0.1) is 10.7 Å². The molecular weight excluding hydrogens is 366 g/mol. The van der Waals surface area contributed by atoms with Crippen molar-refractivity contribution in [3.05, 3.63) is 63.9 Å². The summed E-state index contributed by atoms with van der Waals surface area (Å²) in [5, 5.41) is 3.40. The van der Waals surface area contributed by atoms with Gasteiger partial charge >= 0.3 is 0 Å². The third kappa shape index (κ3) is 5.44. The number of halogens is 3. The number of rotatable bonds is 6. The van der Waals surface area contributed by atoms with Crippen molar-refractivity contribution < 1.29 is 14.0 Å². The van der Waals surface area contributed by atoms with Gasteiger partial charge in [0, 0.05) is 18.5 Å². The van der Waals surface area contributed by atoms with Crippen LogP contribution in [-0.2, 0) is 16.0 Å². The number of benzene rings is 2. The van der Waals surface area contributed by atoms with E-state index in [1.807, 2.05) is 0 Å². The third-order valence-electron chi connectivity index (χ3n) is 3.56. The molecule has 0 saturated carbocycles. The number of nitrogens with one attached hydrogen (secondary N) is 1. The van der Waals surface area contributed by atoms with Gasteiger partial charge in [-0.25, -0.2) is 4.39 Å². The van der Waals surface area contributed by atoms with Crippen molar-refractivity contribution in [1.82, 2.24) is 5.32 Å². The van der Waals surface area contributed by atoms with E-state index < -0.39 is 0 Å². The minimum absolute atomic E-state index is 0.202. The smallest absolute Gasteiger partial charge is 0.240 e. The highest BCUT2D eigenvalue weighted by Crippen LogP contribution is 2.29. The van der Waals surface area contributed by atoms with Gasteiger partial charge in [0.1, 0.15) is 12.4 Å². The predicted molar refractivity (Wildman–Crippen MR) is 97.6 cm³/mol. The monoisotopic (exact) mass is 382 g/mol. The first-order valence-electron chi connectivity index (χ1n) is 7.61. The molecule has 0 unspecified atom stereocenters. The zero-order chi connectivity index (χ0) is 18.4.